The first-order chi connectivity index (χ1) is 5.65. The van der Waals surface area contributed by atoms with Crippen LogP contribution in [-0.2, 0) is 0 Å². The van der Waals surface area contributed by atoms with Gasteiger partial charge >= 0.3 is 0 Å². The molecule has 0 amide bonds. The molecule has 0 spiro atoms. The largest absolute Gasteiger partial charge is 0.342 e. The lowest BCUT2D eigenvalue weighted by atomic mass is 9.72. The molecule has 70 valence electrons. The van der Waals surface area contributed by atoms with Crippen LogP contribution in [0.15, 0.2) is 0 Å². The monoisotopic (exact) mass is 167 g/mol. The minimum Gasteiger partial charge on any atom is -0.342 e. The summed E-state index contributed by atoms with van der Waals surface area (Å²) in [6, 6.07) is 0.819. The Hall–Kier alpha value is 0.0249. The molecule has 0 radical (unpaired) electrons. The van der Waals surface area contributed by atoms with Crippen molar-refractivity contribution in [3.05, 3.63) is 0 Å². The van der Waals surface area contributed by atoms with Crippen molar-refractivity contribution in [2.75, 3.05) is 6.54 Å². The summed E-state index contributed by atoms with van der Waals surface area (Å²) in [4.78, 5) is 2.65. The number of hydrogen-bond donors (Lipinski definition) is 0. The van der Waals surface area contributed by atoms with Crippen LogP contribution in [-0.4, -0.2) is 24.8 Å². The fraction of sp³-hybridized carbons (Fsp3) is 1.00. The summed E-state index contributed by atoms with van der Waals surface area (Å²) >= 11 is 0. The highest BCUT2D eigenvalue weighted by molar-refractivity contribution is 6.34. The summed E-state index contributed by atoms with van der Waals surface area (Å²) in [5, 5.41) is 0. The molecule has 1 rings (SSSR count). The maximum Gasteiger partial charge on any atom is 0.207 e. The van der Waals surface area contributed by atoms with Crippen molar-refractivity contribution in [1.82, 2.24) is 4.81 Å². The van der Waals surface area contributed by atoms with E-state index in [-0.39, 0.29) is 0 Å². The molecule has 0 aliphatic carbocycles. The fourth-order valence-electron chi connectivity index (χ4n) is 1.96. The van der Waals surface area contributed by atoms with Crippen LogP contribution in [0.1, 0.15) is 40.5 Å². The van der Waals surface area contributed by atoms with Crippen LogP contribution >= 0.6 is 0 Å². The molecule has 0 aromatic heterocycles. The second-order valence-electron chi connectivity index (χ2n) is 4.51. The minimum absolute atomic E-state index is 0.819. The van der Waals surface area contributed by atoms with Gasteiger partial charge in [0.15, 0.2) is 0 Å². The Balaban J connectivity index is 2.33. The van der Waals surface area contributed by atoms with E-state index in [1.165, 1.54) is 26.8 Å². The normalized spacial score (nSPS) is 33.7. The van der Waals surface area contributed by atoms with Crippen LogP contribution in [0.5, 0.6) is 0 Å². The van der Waals surface area contributed by atoms with E-state index in [1.54, 1.807) is 0 Å². The Morgan fingerprint density at radius 2 is 2.17 bits per heavy atom. The SMILES string of the molecule is CCC(C)BN1CCC(C)C1C. The van der Waals surface area contributed by atoms with Crippen molar-refractivity contribution in [2.24, 2.45) is 5.92 Å². The van der Waals surface area contributed by atoms with Crippen LogP contribution in [0.25, 0.3) is 0 Å². The Morgan fingerprint density at radius 1 is 1.50 bits per heavy atom. The van der Waals surface area contributed by atoms with Gasteiger partial charge < -0.3 is 4.81 Å². The highest BCUT2D eigenvalue weighted by Crippen LogP contribution is 2.24. The molecule has 0 N–H and O–H groups in total. The van der Waals surface area contributed by atoms with E-state index in [4.69, 9.17) is 0 Å². The van der Waals surface area contributed by atoms with Crippen molar-refractivity contribution in [3.63, 3.8) is 0 Å². The van der Waals surface area contributed by atoms with E-state index >= 15 is 0 Å². The van der Waals surface area contributed by atoms with Crippen molar-refractivity contribution in [1.29, 1.82) is 0 Å². The van der Waals surface area contributed by atoms with Gasteiger partial charge in [0, 0.05) is 0 Å². The summed E-state index contributed by atoms with van der Waals surface area (Å²) in [5.41, 5.74) is 0. The molecule has 3 unspecified atom stereocenters. The van der Waals surface area contributed by atoms with Crippen LogP contribution < -0.4 is 0 Å². The van der Waals surface area contributed by atoms with Crippen molar-refractivity contribution < 1.29 is 0 Å². The lowest BCUT2D eigenvalue weighted by Crippen LogP contribution is -2.34. The van der Waals surface area contributed by atoms with Crippen LogP contribution in [0.2, 0.25) is 5.82 Å². The maximum absolute atomic E-state index is 2.65. The van der Waals surface area contributed by atoms with Crippen molar-refractivity contribution in [3.8, 4) is 0 Å². The van der Waals surface area contributed by atoms with Gasteiger partial charge in [0.1, 0.15) is 0 Å². The molecular formula is C10H22BN. The van der Waals surface area contributed by atoms with Gasteiger partial charge in [0.2, 0.25) is 7.41 Å². The second-order valence-corrected chi connectivity index (χ2v) is 4.51. The lowest BCUT2D eigenvalue weighted by molar-refractivity contribution is 0.384. The summed E-state index contributed by atoms with van der Waals surface area (Å²) < 4.78 is 0. The van der Waals surface area contributed by atoms with Gasteiger partial charge in [-0.3, -0.25) is 0 Å². The van der Waals surface area contributed by atoms with Gasteiger partial charge in [-0.25, -0.2) is 0 Å². The molecule has 1 nitrogen and oxygen atoms in total. The molecule has 3 atom stereocenters. The third-order valence-electron chi connectivity index (χ3n) is 3.51. The quantitative estimate of drug-likeness (QED) is 0.583. The average molecular weight is 167 g/mol. The summed E-state index contributed by atoms with van der Waals surface area (Å²) in [5.74, 6) is 1.78. The molecule has 0 aromatic carbocycles. The first-order valence-corrected chi connectivity index (χ1v) is 5.39. The molecule has 0 bridgehead atoms. The maximum atomic E-state index is 2.65. The zero-order valence-corrected chi connectivity index (χ0v) is 9.01. The molecule has 12 heavy (non-hydrogen) atoms. The lowest BCUT2D eigenvalue weighted by Gasteiger charge is -2.24. The molecule has 1 fully saturated rings. The van der Waals surface area contributed by atoms with Gasteiger partial charge in [-0.2, -0.15) is 0 Å². The Bertz CT molecular complexity index is 138. The van der Waals surface area contributed by atoms with E-state index in [2.05, 4.69) is 32.5 Å². The second kappa shape index (κ2) is 4.31. The molecule has 1 aliphatic heterocycles. The van der Waals surface area contributed by atoms with Crippen molar-refractivity contribution >= 4 is 7.41 Å². The molecule has 1 aliphatic rings. The third kappa shape index (κ3) is 2.26. The zero-order valence-electron chi connectivity index (χ0n) is 9.01. The van der Waals surface area contributed by atoms with Gasteiger partial charge in [0.25, 0.3) is 0 Å². The Kier molecular flexibility index (Phi) is 3.63. The van der Waals surface area contributed by atoms with E-state index in [0.29, 0.717) is 0 Å². The average Bonchev–Trinajstić information content (AvgIpc) is 2.36. The van der Waals surface area contributed by atoms with Gasteiger partial charge in [-0.05, 0) is 24.9 Å². The number of hydrogen-bond acceptors (Lipinski definition) is 1. The van der Waals surface area contributed by atoms with Crippen molar-refractivity contribution in [2.45, 2.75) is 52.4 Å². The van der Waals surface area contributed by atoms with E-state index in [9.17, 15) is 0 Å². The fourth-order valence-corrected chi connectivity index (χ4v) is 1.96. The Labute approximate surface area is 77.8 Å². The molecule has 1 saturated heterocycles. The van der Waals surface area contributed by atoms with E-state index in [1.807, 2.05) is 0 Å². The number of nitrogens with zero attached hydrogens (tertiary/aromatic N) is 1. The first kappa shape index (κ1) is 10.1. The molecule has 1 heterocycles. The highest BCUT2D eigenvalue weighted by atomic mass is 15.1. The Morgan fingerprint density at radius 3 is 2.58 bits per heavy atom. The summed E-state index contributed by atoms with van der Waals surface area (Å²) in [6.45, 7) is 10.7. The number of rotatable bonds is 3. The molecular weight excluding hydrogens is 145 g/mol. The van der Waals surface area contributed by atoms with Gasteiger partial charge in [0.05, 0.1) is 0 Å². The van der Waals surface area contributed by atoms with Crippen LogP contribution in [0, 0.1) is 5.92 Å². The van der Waals surface area contributed by atoms with Gasteiger partial charge in [-0.15, -0.1) is 0 Å². The predicted molar refractivity (Wildman–Crippen MR) is 56.8 cm³/mol. The van der Waals surface area contributed by atoms with Crippen LogP contribution in [0.3, 0.4) is 0 Å². The molecule has 2 heteroatoms. The predicted octanol–water partition coefficient (Wildman–Crippen LogP) is 2.29. The van der Waals surface area contributed by atoms with E-state index < -0.39 is 0 Å². The first-order valence-electron chi connectivity index (χ1n) is 5.39. The zero-order chi connectivity index (χ0) is 9.14. The van der Waals surface area contributed by atoms with E-state index in [0.717, 1.165) is 17.8 Å². The third-order valence-corrected chi connectivity index (χ3v) is 3.51. The minimum atomic E-state index is 0.819. The smallest absolute Gasteiger partial charge is 0.207 e. The molecule has 0 aromatic rings. The topological polar surface area (TPSA) is 3.24 Å². The highest BCUT2D eigenvalue weighted by Gasteiger charge is 2.27. The molecule has 0 saturated carbocycles. The summed E-state index contributed by atoms with van der Waals surface area (Å²) in [7, 11) is 1.31. The van der Waals surface area contributed by atoms with Crippen LogP contribution in [0.4, 0.5) is 0 Å². The standard InChI is InChI=1S/C10H22BN/c1-5-9(3)11-12-7-6-8(2)10(12)4/h8-11H,5-7H2,1-4H3. The van der Waals surface area contributed by atoms with Gasteiger partial charge in [-0.1, -0.05) is 39.9 Å². The summed E-state index contributed by atoms with van der Waals surface area (Å²) in [6.07, 6.45) is 2.72.